The molecule has 0 bridgehead atoms. The molecule has 0 radical (unpaired) electrons. The molecule has 2 aliphatic rings. The molecule has 0 saturated carbocycles. The fraction of sp³-hybridized carbons (Fsp3) is 0.467. The van der Waals surface area contributed by atoms with E-state index in [2.05, 4.69) is 9.97 Å². The van der Waals surface area contributed by atoms with Crippen LogP contribution in [0.5, 0.6) is 0 Å². The summed E-state index contributed by atoms with van der Waals surface area (Å²) in [7, 11) is 2.97. The van der Waals surface area contributed by atoms with Gasteiger partial charge in [0, 0.05) is 69.8 Å². The van der Waals surface area contributed by atoms with Crippen molar-refractivity contribution >= 4 is 17.5 Å². The van der Waals surface area contributed by atoms with E-state index in [0.29, 0.717) is 25.6 Å². The van der Waals surface area contributed by atoms with Crippen LogP contribution in [0.2, 0.25) is 0 Å². The zero-order chi connectivity index (χ0) is 33.0. The Morgan fingerprint density at radius 3 is 2.13 bits per heavy atom. The summed E-state index contributed by atoms with van der Waals surface area (Å²) in [5.41, 5.74) is -0.544. The van der Waals surface area contributed by atoms with Gasteiger partial charge in [-0.25, -0.2) is 18.7 Å². The highest BCUT2D eigenvalue weighted by atomic mass is 19.4. The second-order valence-electron chi connectivity index (χ2n) is 11.7. The molecule has 2 saturated heterocycles. The highest BCUT2D eigenvalue weighted by molar-refractivity contribution is 6.02. The lowest BCUT2D eigenvalue weighted by molar-refractivity contribution is -0.138. The van der Waals surface area contributed by atoms with Crippen LogP contribution >= 0.6 is 0 Å². The molecule has 2 fully saturated rings. The number of nitrogens with two attached hydrogens (primary N) is 1. The zero-order valence-corrected chi connectivity index (χ0v) is 25.5. The number of anilines is 2. The normalized spacial score (nSPS) is 21.3. The second kappa shape index (κ2) is 12.0. The van der Waals surface area contributed by atoms with E-state index in [9.17, 15) is 22.8 Å². The summed E-state index contributed by atoms with van der Waals surface area (Å²) in [5, 5.41) is 0. The molecule has 4 heterocycles. The molecule has 3 aromatic rings. The van der Waals surface area contributed by atoms with Crippen molar-refractivity contribution in [2.75, 3.05) is 49.6 Å². The number of hydrogen-bond donors (Lipinski definition) is 1. The number of benzene rings is 1. The summed E-state index contributed by atoms with van der Waals surface area (Å²) in [4.78, 5) is 39.6. The molecule has 0 spiro atoms. The first kappa shape index (κ1) is 32.3. The Hall–Kier alpha value is -4.11. The van der Waals surface area contributed by atoms with Gasteiger partial charge in [0.25, 0.3) is 11.5 Å². The molecule has 3 atom stereocenters. The lowest BCUT2D eigenvalue weighted by atomic mass is 9.93. The van der Waals surface area contributed by atoms with Gasteiger partial charge in [-0.3, -0.25) is 9.59 Å². The van der Waals surface area contributed by atoms with Gasteiger partial charge in [-0.2, -0.15) is 13.2 Å². The molecule has 15 heteroatoms. The van der Waals surface area contributed by atoms with E-state index in [0.717, 1.165) is 17.7 Å². The number of alkyl halides is 3. The number of ether oxygens (including phenoxy) is 1. The molecule has 10 nitrogen and oxygen atoms in total. The van der Waals surface area contributed by atoms with Crippen LogP contribution in [0.4, 0.5) is 33.6 Å². The number of rotatable bonds is 5. The van der Waals surface area contributed by atoms with Crippen LogP contribution in [0.25, 0.3) is 22.4 Å². The number of morpholine rings is 1. The van der Waals surface area contributed by atoms with Crippen molar-refractivity contribution in [1.82, 2.24) is 19.4 Å². The summed E-state index contributed by atoms with van der Waals surface area (Å²) in [6.07, 6.45) is -2.94. The predicted molar refractivity (Wildman–Crippen MR) is 158 cm³/mol. The van der Waals surface area contributed by atoms with Crippen LogP contribution in [0.3, 0.4) is 0 Å². The quantitative estimate of drug-likeness (QED) is 0.424. The van der Waals surface area contributed by atoms with Crippen molar-refractivity contribution < 1.29 is 31.5 Å². The third-order valence-electron chi connectivity index (χ3n) is 8.36. The van der Waals surface area contributed by atoms with Crippen molar-refractivity contribution in [2.24, 2.45) is 12.8 Å². The van der Waals surface area contributed by atoms with Crippen LogP contribution in [0, 0.1) is 11.6 Å². The molecule has 2 aromatic heterocycles. The van der Waals surface area contributed by atoms with Gasteiger partial charge in [0.2, 0.25) is 5.95 Å². The average Bonchev–Trinajstić information content (AvgIpc) is 2.95. The highest BCUT2D eigenvalue weighted by Gasteiger charge is 2.40. The van der Waals surface area contributed by atoms with Crippen molar-refractivity contribution in [2.45, 2.75) is 45.2 Å². The number of nitrogens with zero attached hydrogens (tertiary/aromatic N) is 6. The van der Waals surface area contributed by atoms with Gasteiger partial charge in [-0.1, -0.05) is 0 Å². The zero-order valence-electron chi connectivity index (χ0n) is 25.5. The van der Waals surface area contributed by atoms with E-state index in [1.54, 1.807) is 4.90 Å². The minimum atomic E-state index is -5.17. The molecule has 242 valence electrons. The van der Waals surface area contributed by atoms with Crippen molar-refractivity contribution in [3.05, 3.63) is 57.6 Å². The van der Waals surface area contributed by atoms with E-state index in [4.69, 9.17) is 10.5 Å². The van der Waals surface area contributed by atoms with E-state index in [1.807, 2.05) is 37.6 Å². The van der Waals surface area contributed by atoms with E-state index in [1.165, 1.54) is 12.4 Å². The minimum Gasteiger partial charge on any atom is -0.372 e. The first-order valence-electron chi connectivity index (χ1n) is 14.4. The first-order chi connectivity index (χ1) is 21.1. The molecule has 2 aliphatic heterocycles. The maximum Gasteiger partial charge on any atom is 0.417 e. The third-order valence-corrected chi connectivity index (χ3v) is 8.36. The standard InChI is InChI=1S/C30H34F5N7O3/c1-15-12-41(7-6-39(15)4)21-9-20(31)23(18-10-37-29(38-11-18)42-13-16(2)45-17(3)14-42)26(32)25(21)27-24(28(36)44)19(30(33,34)35)8-22(43)40(27)5/h8-11,15-17H,6-7,12-14H2,1-5H3,(H2,36,44)/t15?,16-,17-/m0/s1. The Balaban J connectivity index is 1.76. The number of hydrogen-bond acceptors (Lipinski definition) is 8. The van der Waals surface area contributed by atoms with Gasteiger partial charge < -0.3 is 29.7 Å². The van der Waals surface area contributed by atoms with Gasteiger partial charge in [0.1, 0.15) is 11.6 Å². The van der Waals surface area contributed by atoms with Crippen LogP contribution in [-0.2, 0) is 18.0 Å². The summed E-state index contributed by atoms with van der Waals surface area (Å²) >= 11 is 0. The van der Waals surface area contributed by atoms with Gasteiger partial charge in [-0.15, -0.1) is 0 Å². The SMILES string of the molecule is CC1CN(c2cc(F)c(-c3cnc(N4C[C@H](C)O[C@@H](C)C4)nc3)c(F)c2-c2c(C(N)=O)c(C(F)(F)F)cc(=O)n2C)CCN1C. The lowest BCUT2D eigenvalue weighted by Crippen LogP contribution is -2.50. The number of likely N-dealkylation sites (N-methyl/N-ethyl adjacent to an activating group) is 1. The largest absolute Gasteiger partial charge is 0.417 e. The maximum atomic E-state index is 16.9. The number of aromatic nitrogens is 3. The second-order valence-corrected chi connectivity index (χ2v) is 11.7. The molecule has 1 unspecified atom stereocenters. The van der Waals surface area contributed by atoms with Gasteiger partial charge in [0.15, 0.2) is 0 Å². The monoisotopic (exact) mass is 635 g/mol. The Morgan fingerprint density at radius 2 is 1.58 bits per heavy atom. The van der Waals surface area contributed by atoms with E-state index < -0.39 is 57.2 Å². The Kier molecular flexibility index (Phi) is 8.61. The highest BCUT2D eigenvalue weighted by Crippen LogP contribution is 2.44. The molecule has 0 aliphatic carbocycles. The fourth-order valence-electron chi connectivity index (χ4n) is 6.03. The average molecular weight is 636 g/mol. The van der Waals surface area contributed by atoms with Crippen LogP contribution in [0.1, 0.15) is 36.7 Å². The number of amides is 1. The number of carbonyl (C=O) groups excluding carboxylic acids is 1. The minimum absolute atomic E-state index is 0.0927. The summed E-state index contributed by atoms with van der Waals surface area (Å²) in [6.45, 7) is 7.66. The number of piperazine rings is 1. The smallest absolute Gasteiger partial charge is 0.372 e. The number of carbonyl (C=O) groups is 1. The van der Waals surface area contributed by atoms with E-state index >= 15 is 8.78 Å². The molecule has 5 rings (SSSR count). The molecular formula is C30H34F5N7O3. The topological polar surface area (TPSA) is 110 Å². The third kappa shape index (κ3) is 6.10. The van der Waals surface area contributed by atoms with Crippen molar-refractivity contribution in [1.29, 1.82) is 0 Å². The molecule has 1 amide bonds. The molecule has 2 N–H and O–H groups in total. The number of primary amides is 1. The van der Waals surface area contributed by atoms with Crippen LogP contribution in [-0.4, -0.2) is 83.4 Å². The molecular weight excluding hydrogens is 601 g/mol. The summed E-state index contributed by atoms with van der Waals surface area (Å²) in [5.74, 6) is -3.54. The number of halogens is 5. The molecule has 45 heavy (non-hydrogen) atoms. The van der Waals surface area contributed by atoms with Crippen LogP contribution in [0.15, 0.2) is 29.3 Å². The van der Waals surface area contributed by atoms with Crippen molar-refractivity contribution in [3.63, 3.8) is 0 Å². The Labute approximate surface area is 256 Å². The molecule has 1 aromatic carbocycles. The van der Waals surface area contributed by atoms with Gasteiger partial charge in [0.05, 0.1) is 45.8 Å². The summed E-state index contributed by atoms with van der Waals surface area (Å²) < 4.78 is 81.8. The van der Waals surface area contributed by atoms with Gasteiger partial charge >= 0.3 is 6.18 Å². The predicted octanol–water partition coefficient (Wildman–Crippen LogP) is 3.66. The summed E-state index contributed by atoms with van der Waals surface area (Å²) in [6, 6.07) is 1.15. The lowest BCUT2D eigenvalue weighted by Gasteiger charge is -2.40. The maximum absolute atomic E-state index is 16.9. The number of pyridine rings is 1. The van der Waals surface area contributed by atoms with Gasteiger partial charge in [-0.05, 0) is 33.9 Å². The Morgan fingerprint density at radius 1 is 0.956 bits per heavy atom. The first-order valence-corrected chi connectivity index (χ1v) is 14.4. The van der Waals surface area contributed by atoms with Crippen molar-refractivity contribution in [3.8, 4) is 22.4 Å². The fourth-order valence-corrected chi connectivity index (χ4v) is 6.03. The van der Waals surface area contributed by atoms with Crippen LogP contribution < -0.4 is 21.1 Å². The Bertz CT molecular complexity index is 1670. The van der Waals surface area contributed by atoms with E-state index in [-0.39, 0.29) is 48.7 Å².